The van der Waals surface area contributed by atoms with Crippen molar-refractivity contribution in [3.8, 4) is 0 Å². The van der Waals surface area contributed by atoms with Crippen LogP contribution in [0.3, 0.4) is 0 Å². The van der Waals surface area contributed by atoms with E-state index in [1.54, 1.807) is 0 Å². The normalized spacial score (nSPS) is 39.7. The molecular weight excluding hydrogens is 198 g/mol. The molecule has 16 heavy (non-hydrogen) atoms. The molecule has 1 N–H and O–H groups in total. The van der Waals surface area contributed by atoms with Gasteiger partial charge in [0.25, 0.3) is 0 Å². The average Bonchev–Trinajstić information content (AvgIpc) is 2.90. The van der Waals surface area contributed by atoms with Crippen LogP contribution in [0.2, 0.25) is 0 Å². The van der Waals surface area contributed by atoms with Crippen LogP contribution in [-0.2, 0) is 0 Å². The Labute approximate surface area is 98.5 Å². The molecule has 0 spiro atoms. The highest BCUT2D eigenvalue weighted by atomic mass is 15.5. The molecule has 1 aliphatic heterocycles. The minimum atomic E-state index is 0.880. The summed E-state index contributed by atoms with van der Waals surface area (Å²) in [6, 6.07) is 0. The highest BCUT2D eigenvalue weighted by Gasteiger charge is 2.35. The fraction of sp³-hybridized carbons (Fsp3) is 0.846. The van der Waals surface area contributed by atoms with Gasteiger partial charge >= 0.3 is 0 Å². The van der Waals surface area contributed by atoms with Crippen molar-refractivity contribution in [3.63, 3.8) is 0 Å². The zero-order chi connectivity index (χ0) is 11.0. The SMILES string of the molecule is CN1CCN(NCC2CC3C=CC2C3)CC1. The van der Waals surface area contributed by atoms with E-state index in [0.717, 1.165) is 17.8 Å². The summed E-state index contributed by atoms with van der Waals surface area (Å²) < 4.78 is 0. The molecule has 2 fully saturated rings. The maximum atomic E-state index is 3.64. The molecule has 90 valence electrons. The van der Waals surface area contributed by atoms with Gasteiger partial charge in [-0.15, -0.1) is 0 Å². The zero-order valence-electron chi connectivity index (χ0n) is 10.2. The Morgan fingerprint density at radius 3 is 2.56 bits per heavy atom. The van der Waals surface area contributed by atoms with E-state index in [9.17, 15) is 0 Å². The van der Waals surface area contributed by atoms with E-state index in [4.69, 9.17) is 0 Å². The van der Waals surface area contributed by atoms with Crippen LogP contribution in [0.15, 0.2) is 12.2 Å². The molecule has 1 saturated heterocycles. The summed E-state index contributed by atoms with van der Waals surface area (Å²) in [4.78, 5) is 2.40. The largest absolute Gasteiger partial charge is 0.304 e. The van der Waals surface area contributed by atoms with Crippen molar-refractivity contribution >= 4 is 0 Å². The van der Waals surface area contributed by atoms with Crippen LogP contribution >= 0.6 is 0 Å². The van der Waals surface area contributed by atoms with Gasteiger partial charge < -0.3 is 4.90 Å². The molecule has 0 radical (unpaired) electrons. The van der Waals surface area contributed by atoms with Crippen molar-refractivity contribution in [2.75, 3.05) is 39.8 Å². The van der Waals surface area contributed by atoms with Gasteiger partial charge in [-0.1, -0.05) is 12.2 Å². The van der Waals surface area contributed by atoms with Crippen molar-refractivity contribution < 1.29 is 0 Å². The lowest BCUT2D eigenvalue weighted by molar-refractivity contribution is 0.0956. The molecule has 1 heterocycles. The quantitative estimate of drug-likeness (QED) is 0.716. The maximum absolute atomic E-state index is 3.64. The molecule has 3 atom stereocenters. The number of nitrogens with one attached hydrogen (secondary N) is 1. The van der Waals surface area contributed by atoms with Crippen molar-refractivity contribution in [3.05, 3.63) is 12.2 Å². The van der Waals surface area contributed by atoms with E-state index < -0.39 is 0 Å². The molecule has 0 aromatic rings. The molecule has 0 aromatic carbocycles. The number of allylic oxidation sites excluding steroid dienone is 2. The number of fused-ring (bicyclic) bond motifs is 2. The number of likely N-dealkylation sites (N-methyl/N-ethyl adjacent to an activating group) is 1. The number of piperazine rings is 1. The second-order valence-electron chi connectivity index (χ2n) is 5.69. The topological polar surface area (TPSA) is 18.5 Å². The second-order valence-corrected chi connectivity index (χ2v) is 5.69. The first kappa shape index (κ1) is 10.8. The number of hydrazine groups is 1. The third-order valence-electron chi connectivity index (χ3n) is 4.50. The van der Waals surface area contributed by atoms with Crippen molar-refractivity contribution in [1.82, 2.24) is 15.3 Å². The van der Waals surface area contributed by atoms with Crippen LogP contribution in [0.25, 0.3) is 0 Å². The van der Waals surface area contributed by atoms with E-state index in [2.05, 4.69) is 34.5 Å². The molecule has 2 bridgehead atoms. The Bertz CT molecular complexity index is 268. The zero-order valence-corrected chi connectivity index (χ0v) is 10.2. The summed E-state index contributed by atoms with van der Waals surface area (Å²) >= 11 is 0. The number of rotatable bonds is 3. The van der Waals surface area contributed by atoms with Gasteiger partial charge in [0.2, 0.25) is 0 Å². The monoisotopic (exact) mass is 221 g/mol. The van der Waals surface area contributed by atoms with Crippen molar-refractivity contribution in [1.29, 1.82) is 0 Å². The molecule has 0 amide bonds. The molecule has 3 aliphatic rings. The van der Waals surface area contributed by atoms with E-state index >= 15 is 0 Å². The minimum absolute atomic E-state index is 0.880. The van der Waals surface area contributed by atoms with Crippen LogP contribution in [0, 0.1) is 17.8 Å². The molecule has 3 heteroatoms. The Morgan fingerprint density at radius 1 is 1.12 bits per heavy atom. The summed E-state index contributed by atoms with van der Waals surface area (Å²) in [7, 11) is 2.21. The molecule has 3 rings (SSSR count). The predicted octanol–water partition coefficient (Wildman–Crippen LogP) is 0.951. The average molecular weight is 221 g/mol. The van der Waals surface area contributed by atoms with E-state index in [1.165, 1.54) is 45.6 Å². The minimum Gasteiger partial charge on any atom is -0.304 e. The summed E-state index contributed by atoms with van der Waals surface area (Å²) in [5.74, 6) is 2.68. The molecule has 1 saturated carbocycles. The smallest absolute Gasteiger partial charge is 0.0259 e. The summed E-state index contributed by atoms with van der Waals surface area (Å²) in [5, 5.41) is 2.41. The Morgan fingerprint density at radius 2 is 1.94 bits per heavy atom. The first-order valence-electron chi connectivity index (χ1n) is 6.66. The third kappa shape index (κ3) is 2.17. The number of hydrogen-bond donors (Lipinski definition) is 1. The lowest BCUT2D eigenvalue weighted by Gasteiger charge is -2.34. The lowest BCUT2D eigenvalue weighted by atomic mass is 9.94. The lowest BCUT2D eigenvalue weighted by Crippen LogP contribution is -2.51. The van der Waals surface area contributed by atoms with Crippen LogP contribution in [-0.4, -0.2) is 49.7 Å². The summed E-state index contributed by atoms with van der Waals surface area (Å²) in [6.45, 7) is 5.93. The van der Waals surface area contributed by atoms with Gasteiger partial charge in [-0.05, 0) is 37.6 Å². The standard InChI is InChI=1S/C13H23N3/c1-15-4-6-16(7-5-15)14-10-13-9-11-2-3-12(13)8-11/h2-3,11-14H,4-10H2,1H3. The van der Waals surface area contributed by atoms with Gasteiger partial charge in [-0.3, -0.25) is 5.43 Å². The van der Waals surface area contributed by atoms with Gasteiger partial charge in [0.05, 0.1) is 0 Å². The van der Waals surface area contributed by atoms with E-state index in [1.807, 2.05) is 0 Å². The Balaban J connectivity index is 1.42. The third-order valence-corrected chi connectivity index (χ3v) is 4.50. The molecular formula is C13H23N3. The van der Waals surface area contributed by atoms with Gasteiger partial charge in [-0.2, -0.15) is 0 Å². The fourth-order valence-electron chi connectivity index (χ4n) is 3.34. The first-order valence-corrected chi connectivity index (χ1v) is 6.66. The van der Waals surface area contributed by atoms with Gasteiger partial charge in [0.15, 0.2) is 0 Å². The fourth-order valence-corrected chi connectivity index (χ4v) is 3.34. The van der Waals surface area contributed by atoms with Crippen LogP contribution < -0.4 is 5.43 Å². The van der Waals surface area contributed by atoms with Crippen LogP contribution in [0.1, 0.15) is 12.8 Å². The molecule has 3 unspecified atom stereocenters. The maximum Gasteiger partial charge on any atom is 0.0259 e. The van der Waals surface area contributed by atoms with E-state index in [-0.39, 0.29) is 0 Å². The van der Waals surface area contributed by atoms with Crippen LogP contribution in [0.4, 0.5) is 0 Å². The van der Waals surface area contributed by atoms with Gasteiger partial charge in [0, 0.05) is 32.7 Å². The molecule has 3 nitrogen and oxygen atoms in total. The predicted molar refractivity (Wildman–Crippen MR) is 65.9 cm³/mol. The number of hydrogen-bond acceptors (Lipinski definition) is 3. The van der Waals surface area contributed by atoms with Gasteiger partial charge in [0.1, 0.15) is 0 Å². The second kappa shape index (κ2) is 4.47. The highest BCUT2D eigenvalue weighted by Crippen LogP contribution is 2.42. The van der Waals surface area contributed by atoms with Crippen molar-refractivity contribution in [2.45, 2.75) is 12.8 Å². The highest BCUT2D eigenvalue weighted by molar-refractivity contribution is 5.10. The molecule has 2 aliphatic carbocycles. The van der Waals surface area contributed by atoms with Crippen molar-refractivity contribution in [2.24, 2.45) is 17.8 Å². The number of nitrogens with zero attached hydrogens (tertiary/aromatic N) is 2. The molecule has 0 aromatic heterocycles. The van der Waals surface area contributed by atoms with E-state index in [0.29, 0.717) is 0 Å². The first-order chi connectivity index (χ1) is 7.81. The summed E-state index contributed by atoms with van der Waals surface area (Å²) in [6.07, 6.45) is 7.72. The Hall–Kier alpha value is -0.380. The summed E-state index contributed by atoms with van der Waals surface area (Å²) in [5.41, 5.74) is 3.64. The van der Waals surface area contributed by atoms with Crippen LogP contribution in [0.5, 0.6) is 0 Å². The van der Waals surface area contributed by atoms with Gasteiger partial charge in [-0.25, -0.2) is 5.01 Å². The Kier molecular flexibility index (Phi) is 3.01.